The third-order valence-electron chi connectivity index (χ3n) is 5.71. The molecule has 5 nitrogen and oxygen atoms in total. The van der Waals surface area contributed by atoms with Crippen molar-refractivity contribution >= 4 is 39.1 Å². The highest BCUT2D eigenvalue weighted by Crippen LogP contribution is 2.39. The van der Waals surface area contributed by atoms with E-state index in [0.717, 1.165) is 59.2 Å². The first-order valence-electron chi connectivity index (χ1n) is 10.2. The summed E-state index contributed by atoms with van der Waals surface area (Å²) in [7, 11) is 2.09. The zero-order valence-corrected chi connectivity index (χ0v) is 18.1. The van der Waals surface area contributed by atoms with Crippen LogP contribution in [0.1, 0.15) is 13.8 Å². The summed E-state index contributed by atoms with van der Waals surface area (Å²) in [6, 6.07) is 9.10. The molecule has 3 aliphatic heterocycles. The average Bonchev–Trinajstić information content (AvgIpc) is 3.06. The maximum Gasteiger partial charge on any atom is 0.147 e. The number of pyridine rings is 1. The first-order chi connectivity index (χ1) is 14.4. The topological polar surface area (TPSA) is 33.5 Å². The summed E-state index contributed by atoms with van der Waals surface area (Å²) in [4.78, 5) is 15.2. The van der Waals surface area contributed by atoms with Crippen molar-refractivity contribution in [1.29, 1.82) is 0 Å². The summed E-state index contributed by atoms with van der Waals surface area (Å²) in [5, 5.41) is 2.31. The van der Waals surface area contributed by atoms with Gasteiger partial charge in [-0.3, -0.25) is 0 Å². The fourth-order valence-corrected chi connectivity index (χ4v) is 4.35. The van der Waals surface area contributed by atoms with Crippen molar-refractivity contribution in [1.82, 2.24) is 14.6 Å². The van der Waals surface area contributed by atoms with Crippen molar-refractivity contribution in [2.24, 2.45) is 0 Å². The highest BCUT2D eigenvalue weighted by Gasteiger charge is 2.23. The molecule has 1 fully saturated rings. The summed E-state index contributed by atoms with van der Waals surface area (Å²) in [6.07, 6.45) is 1.90. The predicted octanol–water partition coefficient (Wildman–Crippen LogP) is 4.68. The van der Waals surface area contributed by atoms with E-state index < -0.39 is 0 Å². The van der Waals surface area contributed by atoms with Crippen molar-refractivity contribution in [3.05, 3.63) is 47.4 Å². The molecule has 0 spiro atoms. The van der Waals surface area contributed by atoms with E-state index in [-0.39, 0.29) is 11.9 Å². The van der Waals surface area contributed by atoms with Gasteiger partial charge < -0.3 is 14.6 Å². The van der Waals surface area contributed by atoms with Gasteiger partial charge in [-0.15, -0.1) is 0 Å². The molecule has 0 aliphatic carbocycles. The molecule has 7 heteroatoms. The van der Waals surface area contributed by atoms with Crippen molar-refractivity contribution in [3.8, 4) is 11.3 Å². The highest BCUT2D eigenvalue weighted by atomic mass is 35.5. The van der Waals surface area contributed by atoms with Gasteiger partial charge in [0, 0.05) is 47.5 Å². The van der Waals surface area contributed by atoms with Crippen LogP contribution in [0.5, 0.6) is 0 Å². The molecule has 0 aromatic heterocycles. The fourth-order valence-electron chi connectivity index (χ4n) is 4.18. The zero-order valence-electron chi connectivity index (χ0n) is 17.3. The molecule has 1 saturated heterocycles. The van der Waals surface area contributed by atoms with E-state index in [1.807, 2.05) is 44.3 Å². The molecular formula is C23H24ClFN4O. The van der Waals surface area contributed by atoms with Crippen LogP contribution in [0.15, 0.2) is 36.5 Å². The van der Waals surface area contributed by atoms with Crippen molar-refractivity contribution in [2.75, 3.05) is 38.1 Å². The second-order valence-corrected chi connectivity index (χ2v) is 8.69. The number of likely N-dealkylation sites (N-methyl/N-ethyl adjacent to an activating group) is 1. The third-order valence-corrected chi connectivity index (χ3v) is 5.94. The van der Waals surface area contributed by atoms with E-state index in [9.17, 15) is 0 Å². The van der Waals surface area contributed by atoms with Crippen LogP contribution >= 0.6 is 11.6 Å². The van der Waals surface area contributed by atoms with Gasteiger partial charge in [0.25, 0.3) is 0 Å². The maximum absolute atomic E-state index is 15.3. The Morgan fingerprint density at radius 3 is 2.57 bits per heavy atom. The lowest BCUT2D eigenvalue weighted by molar-refractivity contribution is 0.0677. The fraction of sp³-hybridized carbons (Fsp3) is 0.348. The Morgan fingerprint density at radius 2 is 1.83 bits per heavy atom. The molecule has 2 aromatic carbocycles. The van der Waals surface area contributed by atoms with E-state index in [1.54, 1.807) is 10.8 Å². The van der Waals surface area contributed by atoms with Crippen LogP contribution in [0.3, 0.4) is 0 Å². The van der Waals surface area contributed by atoms with Crippen LogP contribution in [0.25, 0.3) is 33.1 Å². The van der Waals surface area contributed by atoms with Gasteiger partial charge in [-0.05, 0) is 51.2 Å². The van der Waals surface area contributed by atoms with Gasteiger partial charge in [0.1, 0.15) is 11.9 Å². The van der Waals surface area contributed by atoms with Gasteiger partial charge in [0.15, 0.2) is 0 Å². The van der Waals surface area contributed by atoms with Crippen LogP contribution < -0.4 is 9.74 Å². The van der Waals surface area contributed by atoms with E-state index >= 15 is 4.39 Å². The Labute approximate surface area is 179 Å². The van der Waals surface area contributed by atoms with E-state index in [1.165, 1.54) is 0 Å². The first kappa shape index (κ1) is 19.4. The van der Waals surface area contributed by atoms with Gasteiger partial charge in [0.2, 0.25) is 0 Å². The molecule has 2 aromatic rings. The summed E-state index contributed by atoms with van der Waals surface area (Å²) < 4.78 is 17.0. The van der Waals surface area contributed by atoms with Crippen molar-refractivity contribution in [2.45, 2.75) is 20.0 Å². The molecular weight excluding hydrogens is 403 g/mol. The van der Waals surface area contributed by atoms with Crippen LogP contribution in [-0.2, 0) is 0 Å². The van der Waals surface area contributed by atoms with Gasteiger partial charge >= 0.3 is 0 Å². The Morgan fingerprint density at radius 1 is 1.07 bits per heavy atom. The molecule has 0 radical (unpaired) electrons. The summed E-state index contributed by atoms with van der Waals surface area (Å²) in [5.41, 5.74) is 3.90. The Bertz CT molecular complexity index is 1210. The lowest BCUT2D eigenvalue weighted by Crippen LogP contribution is -2.44. The smallest absolute Gasteiger partial charge is 0.147 e. The number of piperazine rings is 1. The number of benzene rings is 2. The zero-order chi connectivity index (χ0) is 21.0. The highest BCUT2D eigenvalue weighted by molar-refractivity contribution is 6.31. The summed E-state index contributed by atoms with van der Waals surface area (Å²) in [5.74, 6) is -0.235. The lowest BCUT2D eigenvalue weighted by Gasteiger charge is -2.34. The maximum atomic E-state index is 15.3. The minimum absolute atomic E-state index is 0.0365. The molecule has 0 amide bonds. The SMILES string of the molecule is CC(C)On1cc2c3cc(Cl)ccc3nc-2c2cc(F)c(N3CCN(C)CC3)cc21. The molecule has 0 N–H and O–H groups in total. The molecule has 5 rings (SSSR count). The van der Waals surface area contributed by atoms with Gasteiger partial charge in [-0.25, -0.2) is 9.37 Å². The molecule has 3 aliphatic rings. The number of hydrogen-bond donors (Lipinski definition) is 0. The first-order valence-corrected chi connectivity index (χ1v) is 10.6. The van der Waals surface area contributed by atoms with E-state index in [0.29, 0.717) is 10.7 Å². The minimum Gasteiger partial charge on any atom is -0.411 e. The van der Waals surface area contributed by atoms with E-state index in [4.69, 9.17) is 21.4 Å². The van der Waals surface area contributed by atoms with Crippen molar-refractivity contribution in [3.63, 3.8) is 0 Å². The molecule has 3 heterocycles. The number of rotatable bonds is 3. The molecule has 0 saturated carbocycles. The predicted molar refractivity (Wildman–Crippen MR) is 120 cm³/mol. The van der Waals surface area contributed by atoms with Gasteiger partial charge in [0.05, 0.1) is 28.6 Å². The molecule has 0 unspecified atom stereocenters. The molecule has 0 bridgehead atoms. The Hall–Kier alpha value is -2.57. The largest absolute Gasteiger partial charge is 0.411 e. The van der Waals surface area contributed by atoms with Crippen LogP contribution in [0.4, 0.5) is 10.1 Å². The minimum atomic E-state index is -0.235. The number of hydrogen-bond acceptors (Lipinski definition) is 4. The second-order valence-electron chi connectivity index (χ2n) is 8.26. The molecule has 30 heavy (non-hydrogen) atoms. The number of halogens is 2. The van der Waals surface area contributed by atoms with Crippen LogP contribution in [0, 0.1) is 5.82 Å². The van der Waals surface area contributed by atoms with Gasteiger partial charge in [-0.1, -0.05) is 11.6 Å². The van der Waals surface area contributed by atoms with Crippen molar-refractivity contribution < 1.29 is 9.23 Å². The van der Waals surface area contributed by atoms with E-state index in [2.05, 4.69) is 16.8 Å². The number of aromatic nitrogens is 2. The Kier molecular flexibility index (Phi) is 4.71. The standard InChI is InChI=1S/C23H24ClFN4O/c1-14(2)30-29-13-18-16-10-15(24)4-5-20(16)26-23(18)17-11-19(25)22(12-21(17)29)28-8-6-27(3)7-9-28/h4-5,10-14H,6-9H2,1-3H3. The quantitative estimate of drug-likeness (QED) is 0.476. The summed E-state index contributed by atoms with van der Waals surface area (Å²) in [6.45, 7) is 7.37. The van der Waals surface area contributed by atoms with Gasteiger partial charge in [-0.2, -0.15) is 4.73 Å². The number of anilines is 1. The third kappa shape index (κ3) is 3.24. The number of fused-ring (bicyclic) bond motifs is 5. The second kappa shape index (κ2) is 7.29. The molecule has 156 valence electrons. The normalized spacial score (nSPS) is 15.7. The summed E-state index contributed by atoms with van der Waals surface area (Å²) >= 11 is 6.23. The average molecular weight is 427 g/mol. The Balaban J connectivity index is 1.76. The van der Waals surface area contributed by atoms with Crippen LogP contribution in [-0.4, -0.2) is 53.9 Å². The monoisotopic (exact) mass is 426 g/mol. The molecule has 0 atom stereocenters. The number of nitrogens with zero attached hydrogens (tertiary/aromatic N) is 4. The van der Waals surface area contributed by atoms with Crippen LogP contribution in [0.2, 0.25) is 5.02 Å². The lowest BCUT2D eigenvalue weighted by atomic mass is 10.0.